The molecule has 0 saturated heterocycles. The number of rotatable bonds is 3. The van der Waals surface area contributed by atoms with Crippen LogP contribution >= 0.6 is 11.8 Å². The van der Waals surface area contributed by atoms with Gasteiger partial charge in [-0.05, 0) is 40.4 Å². The van der Waals surface area contributed by atoms with Crippen molar-refractivity contribution in [2.45, 2.75) is 10.1 Å². The van der Waals surface area contributed by atoms with Crippen molar-refractivity contribution >= 4 is 17.4 Å². The average Bonchev–Trinajstić information content (AvgIpc) is 2.68. The first kappa shape index (κ1) is 10.7. The zero-order chi connectivity index (χ0) is 11.5. The highest BCUT2D eigenvalue weighted by Crippen LogP contribution is 2.32. The molecule has 0 saturated carbocycles. The molecule has 6 nitrogen and oxygen atoms in total. The highest BCUT2D eigenvalue weighted by Gasteiger charge is 2.08. The Morgan fingerprint density at radius 3 is 2.88 bits per heavy atom. The summed E-state index contributed by atoms with van der Waals surface area (Å²) in [7, 11) is 3.39. The molecule has 1 heterocycles. The number of anilines is 1. The molecule has 0 amide bonds. The van der Waals surface area contributed by atoms with Crippen LogP contribution in [0.2, 0.25) is 0 Å². The number of benzene rings is 1. The van der Waals surface area contributed by atoms with Gasteiger partial charge >= 0.3 is 0 Å². The first-order valence-corrected chi connectivity index (χ1v) is 5.36. The molecule has 0 radical (unpaired) electrons. The maximum Gasteiger partial charge on any atom is 0.213 e. The van der Waals surface area contributed by atoms with Gasteiger partial charge in [0.05, 0.1) is 7.11 Å². The van der Waals surface area contributed by atoms with Gasteiger partial charge in [0.1, 0.15) is 5.75 Å². The Morgan fingerprint density at radius 2 is 2.25 bits per heavy atom. The minimum atomic E-state index is 0.675. The van der Waals surface area contributed by atoms with Crippen LogP contribution in [0.1, 0.15) is 0 Å². The molecule has 2 rings (SSSR count). The standard InChI is InChI=1S/C9H11N5OS/c1-14-9(11-12-13-14)16-8-5-6(15-2)3-4-7(8)10/h3-5H,10H2,1-2H3. The summed E-state index contributed by atoms with van der Waals surface area (Å²) < 4.78 is 6.72. The fraction of sp³-hybridized carbons (Fsp3) is 0.222. The van der Waals surface area contributed by atoms with Gasteiger partial charge < -0.3 is 10.5 Å². The van der Waals surface area contributed by atoms with Gasteiger partial charge in [-0.15, -0.1) is 5.10 Å². The van der Waals surface area contributed by atoms with E-state index in [1.165, 1.54) is 11.8 Å². The van der Waals surface area contributed by atoms with Gasteiger partial charge in [-0.25, -0.2) is 4.68 Å². The van der Waals surface area contributed by atoms with Crippen LogP contribution in [0.4, 0.5) is 5.69 Å². The van der Waals surface area contributed by atoms with Crippen LogP contribution in [0.3, 0.4) is 0 Å². The van der Waals surface area contributed by atoms with Crippen LogP contribution < -0.4 is 10.5 Å². The maximum absolute atomic E-state index is 5.86. The molecule has 16 heavy (non-hydrogen) atoms. The molecule has 1 aromatic carbocycles. The number of hydrogen-bond donors (Lipinski definition) is 1. The lowest BCUT2D eigenvalue weighted by molar-refractivity contribution is 0.414. The number of aromatic nitrogens is 4. The van der Waals surface area contributed by atoms with Crippen LogP contribution in [0.5, 0.6) is 5.75 Å². The second-order valence-corrected chi connectivity index (χ2v) is 4.10. The lowest BCUT2D eigenvalue weighted by Crippen LogP contribution is -1.95. The largest absolute Gasteiger partial charge is 0.497 e. The Labute approximate surface area is 96.8 Å². The van der Waals surface area contributed by atoms with Gasteiger partial charge in [-0.2, -0.15) is 0 Å². The van der Waals surface area contributed by atoms with Crippen molar-refractivity contribution in [1.82, 2.24) is 20.2 Å². The number of methoxy groups -OCH3 is 1. The summed E-state index contributed by atoms with van der Waals surface area (Å²) in [6.07, 6.45) is 0. The fourth-order valence-corrected chi connectivity index (χ4v) is 1.94. The Morgan fingerprint density at radius 1 is 1.44 bits per heavy atom. The van der Waals surface area contributed by atoms with E-state index in [0.29, 0.717) is 10.8 Å². The average molecular weight is 237 g/mol. The van der Waals surface area contributed by atoms with Crippen molar-refractivity contribution < 1.29 is 4.74 Å². The normalized spacial score (nSPS) is 10.4. The van der Waals surface area contributed by atoms with Crippen molar-refractivity contribution in [3.05, 3.63) is 18.2 Å². The fourth-order valence-electron chi connectivity index (χ4n) is 1.14. The van der Waals surface area contributed by atoms with Crippen molar-refractivity contribution in [3.8, 4) is 5.75 Å². The molecule has 84 valence electrons. The third-order valence-electron chi connectivity index (χ3n) is 2.00. The van der Waals surface area contributed by atoms with E-state index in [1.807, 2.05) is 12.1 Å². The van der Waals surface area contributed by atoms with E-state index in [4.69, 9.17) is 10.5 Å². The molecule has 0 unspecified atom stereocenters. The Bertz CT molecular complexity index is 498. The molecular weight excluding hydrogens is 226 g/mol. The summed E-state index contributed by atoms with van der Waals surface area (Å²) in [4.78, 5) is 0.872. The van der Waals surface area contributed by atoms with Crippen LogP contribution in [0.25, 0.3) is 0 Å². The minimum Gasteiger partial charge on any atom is -0.497 e. The molecule has 2 N–H and O–H groups in total. The molecule has 0 aliphatic rings. The topological polar surface area (TPSA) is 78.8 Å². The SMILES string of the molecule is COc1ccc(N)c(Sc2nnnn2C)c1. The second-order valence-electron chi connectivity index (χ2n) is 3.09. The number of ether oxygens (including phenoxy) is 1. The molecule has 1 aromatic heterocycles. The summed E-state index contributed by atoms with van der Waals surface area (Å²) in [6, 6.07) is 5.47. The first-order valence-electron chi connectivity index (χ1n) is 4.54. The van der Waals surface area contributed by atoms with Crippen molar-refractivity contribution in [3.63, 3.8) is 0 Å². The predicted molar refractivity (Wildman–Crippen MR) is 60.3 cm³/mol. The number of nitrogen functional groups attached to an aromatic ring is 1. The monoisotopic (exact) mass is 237 g/mol. The first-order chi connectivity index (χ1) is 7.70. The molecule has 2 aromatic rings. The minimum absolute atomic E-state index is 0.675. The number of nitrogens with zero attached hydrogens (tertiary/aromatic N) is 4. The summed E-state index contributed by atoms with van der Waals surface area (Å²) >= 11 is 1.40. The summed E-state index contributed by atoms with van der Waals surface area (Å²) in [5.74, 6) is 0.756. The molecule has 0 spiro atoms. The smallest absolute Gasteiger partial charge is 0.213 e. The van der Waals surface area contributed by atoms with Crippen LogP contribution in [-0.2, 0) is 7.05 Å². The van der Waals surface area contributed by atoms with E-state index in [-0.39, 0.29) is 0 Å². The van der Waals surface area contributed by atoms with E-state index in [0.717, 1.165) is 10.6 Å². The van der Waals surface area contributed by atoms with Gasteiger partial charge in [-0.1, -0.05) is 0 Å². The second kappa shape index (κ2) is 4.40. The molecule has 0 atom stereocenters. The third kappa shape index (κ3) is 2.08. The van der Waals surface area contributed by atoms with E-state index in [9.17, 15) is 0 Å². The van der Waals surface area contributed by atoms with Crippen molar-refractivity contribution in [2.24, 2.45) is 7.05 Å². The van der Waals surface area contributed by atoms with Gasteiger partial charge in [-0.3, -0.25) is 0 Å². The lowest BCUT2D eigenvalue weighted by Gasteiger charge is -2.06. The predicted octanol–water partition coefficient (Wildman–Crippen LogP) is 0.952. The number of nitrogens with two attached hydrogens (primary N) is 1. The molecule has 0 fully saturated rings. The van der Waals surface area contributed by atoms with E-state index >= 15 is 0 Å². The summed E-state index contributed by atoms with van der Waals surface area (Å²) in [5.41, 5.74) is 6.53. The molecular formula is C9H11N5OS. The van der Waals surface area contributed by atoms with Crippen LogP contribution in [0, 0.1) is 0 Å². The van der Waals surface area contributed by atoms with Gasteiger partial charge in [0.25, 0.3) is 0 Å². The molecule has 0 bridgehead atoms. The van der Waals surface area contributed by atoms with Gasteiger partial charge in [0, 0.05) is 17.6 Å². The molecule has 0 aliphatic carbocycles. The van der Waals surface area contributed by atoms with Gasteiger partial charge in [0.15, 0.2) is 0 Å². The highest BCUT2D eigenvalue weighted by molar-refractivity contribution is 7.99. The van der Waals surface area contributed by atoms with Gasteiger partial charge in [0.2, 0.25) is 5.16 Å². The summed E-state index contributed by atoms with van der Waals surface area (Å²) in [5, 5.41) is 11.9. The lowest BCUT2D eigenvalue weighted by atomic mass is 10.3. The quantitative estimate of drug-likeness (QED) is 0.801. The zero-order valence-electron chi connectivity index (χ0n) is 8.91. The Hall–Kier alpha value is -1.76. The Balaban J connectivity index is 2.30. The number of aryl methyl sites for hydroxylation is 1. The van der Waals surface area contributed by atoms with E-state index in [2.05, 4.69) is 15.5 Å². The third-order valence-corrected chi connectivity index (χ3v) is 3.11. The van der Waals surface area contributed by atoms with Crippen molar-refractivity contribution in [1.29, 1.82) is 0 Å². The zero-order valence-corrected chi connectivity index (χ0v) is 9.73. The van der Waals surface area contributed by atoms with E-state index in [1.54, 1.807) is 24.9 Å². The van der Waals surface area contributed by atoms with E-state index < -0.39 is 0 Å². The summed E-state index contributed by atoms with van der Waals surface area (Å²) in [6.45, 7) is 0. The highest BCUT2D eigenvalue weighted by atomic mass is 32.2. The maximum atomic E-state index is 5.86. The van der Waals surface area contributed by atoms with Crippen molar-refractivity contribution in [2.75, 3.05) is 12.8 Å². The van der Waals surface area contributed by atoms with Crippen LogP contribution in [-0.4, -0.2) is 27.3 Å². The number of tetrazole rings is 1. The number of hydrogen-bond acceptors (Lipinski definition) is 6. The Kier molecular flexibility index (Phi) is 2.95. The van der Waals surface area contributed by atoms with Crippen LogP contribution in [0.15, 0.2) is 28.3 Å². The molecule has 0 aliphatic heterocycles. The molecule has 7 heteroatoms.